The third-order valence-corrected chi connectivity index (χ3v) is 2.68. The molecular weight excluding hydrogens is 164 g/mol. The number of hydrogen-bond acceptors (Lipinski definition) is 2. The molecule has 0 spiro atoms. The quantitative estimate of drug-likeness (QED) is 0.623. The summed E-state index contributed by atoms with van der Waals surface area (Å²) in [7, 11) is -4.01. The summed E-state index contributed by atoms with van der Waals surface area (Å²) in [6.45, 7) is 6.79. The molecule has 0 aliphatic carbocycles. The van der Waals surface area contributed by atoms with Gasteiger partial charge in [0.1, 0.15) is 0 Å². The molecule has 0 radical (unpaired) electrons. The second-order valence-corrected chi connectivity index (χ2v) is 4.77. The number of rotatable bonds is 1. The van der Waals surface area contributed by atoms with Gasteiger partial charge in [-0.25, -0.2) is 0 Å². The number of hydrogen-bond donors (Lipinski definition) is 1. The van der Waals surface area contributed by atoms with Crippen LogP contribution in [0.2, 0.25) is 0 Å². The van der Waals surface area contributed by atoms with Crippen molar-refractivity contribution in [1.82, 2.24) is 0 Å². The molecule has 11 heavy (non-hydrogen) atoms. The van der Waals surface area contributed by atoms with Crippen molar-refractivity contribution in [2.75, 3.05) is 0 Å². The van der Waals surface area contributed by atoms with Crippen LogP contribution in [0.25, 0.3) is 0 Å². The van der Waals surface area contributed by atoms with Crippen molar-refractivity contribution in [2.45, 2.75) is 27.7 Å². The van der Waals surface area contributed by atoms with Gasteiger partial charge in [-0.15, -0.1) is 0 Å². The van der Waals surface area contributed by atoms with Crippen LogP contribution in [0.1, 0.15) is 27.7 Å². The van der Waals surface area contributed by atoms with Gasteiger partial charge < -0.3 is 0 Å². The maximum atomic E-state index is 10.7. The molecule has 0 aromatic carbocycles. The van der Waals surface area contributed by atoms with Crippen LogP contribution >= 0.6 is 0 Å². The predicted molar refractivity (Wildman–Crippen MR) is 44.8 cm³/mol. The Morgan fingerprint density at radius 2 is 1.73 bits per heavy atom. The van der Waals surface area contributed by atoms with Gasteiger partial charge in [-0.1, -0.05) is 26.8 Å². The van der Waals surface area contributed by atoms with Crippen LogP contribution in [-0.2, 0) is 10.1 Å². The van der Waals surface area contributed by atoms with Gasteiger partial charge in [0.2, 0.25) is 0 Å². The van der Waals surface area contributed by atoms with Gasteiger partial charge in [-0.05, 0) is 12.3 Å². The van der Waals surface area contributed by atoms with E-state index < -0.39 is 15.5 Å². The van der Waals surface area contributed by atoms with E-state index >= 15 is 0 Å². The van der Waals surface area contributed by atoms with Crippen molar-refractivity contribution >= 4 is 10.1 Å². The zero-order chi connectivity index (χ0) is 9.28. The largest absolute Gasteiger partial charge is 0.290 e. The van der Waals surface area contributed by atoms with E-state index in [0.29, 0.717) is 0 Å². The third kappa shape index (κ3) is 3.03. The first-order chi connectivity index (χ1) is 4.69. The van der Waals surface area contributed by atoms with Crippen LogP contribution in [0.4, 0.5) is 0 Å². The molecule has 0 aromatic heterocycles. The fourth-order valence-electron chi connectivity index (χ4n) is 0.969. The van der Waals surface area contributed by atoms with Crippen LogP contribution in [0.5, 0.6) is 0 Å². The molecule has 0 aliphatic rings. The van der Waals surface area contributed by atoms with Gasteiger partial charge in [0.25, 0.3) is 10.1 Å². The highest BCUT2D eigenvalue weighted by Crippen LogP contribution is 2.28. The fraction of sp³-hybridized carbons (Fsp3) is 0.714. The van der Waals surface area contributed by atoms with E-state index in [4.69, 9.17) is 4.55 Å². The van der Waals surface area contributed by atoms with Gasteiger partial charge in [-0.3, -0.25) is 4.55 Å². The summed E-state index contributed by atoms with van der Waals surface area (Å²) in [5.74, 6) is 0. The molecule has 66 valence electrons. The van der Waals surface area contributed by atoms with Crippen molar-refractivity contribution in [3.8, 4) is 0 Å². The average molecular weight is 178 g/mol. The molecule has 0 bridgehead atoms. The summed E-state index contributed by atoms with van der Waals surface area (Å²) in [4.78, 5) is 0.0602. The molecule has 0 atom stereocenters. The Labute approximate surface area is 67.9 Å². The second kappa shape index (κ2) is 2.95. The molecule has 0 heterocycles. The summed E-state index contributed by atoms with van der Waals surface area (Å²) in [6.07, 6.45) is 1.41. The molecule has 4 heteroatoms. The summed E-state index contributed by atoms with van der Waals surface area (Å²) < 4.78 is 30.1. The van der Waals surface area contributed by atoms with Crippen LogP contribution in [0, 0.1) is 5.41 Å². The SMILES string of the molecule is CC=C(C(C)(C)C)S(=O)(=O)O. The molecular formula is C7H14O3S. The Morgan fingerprint density at radius 3 is 1.73 bits per heavy atom. The normalized spacial score (nSPS) is 15.2. The van der Waals surface area contributed by atoms with Crippen LogP contribution in [0.3, 0.4) is 0 Å². The van der Waals surface area contributed by atoms with E-state index in [2.05, 4.69) is 0 Å². The molecule has 0 unspecified atom stereocenters. The highest BCUT2D eigenvalue weighted by atomic mass is 32.2. The van der Waals surface area contributed by atoms with Gasteiger partial charge in [0.05, 0.1) is 4.91 Å². The molecule has 3 nitrogen and oxygen atoms in total. The number of allylic oxidation sites excluding steroid dienone is 2. The summed E-state index contributed by atoms with van der Waals surface area (Å²) in [5.41, 5.74) is -0.525. The highest BCUT2D eigenvalue weighted by Gasteiger charge is 2.26. The lowest BCUT2D eigenvalue weighted by Gasteiger charge is -2.19. The Kier molecular flexibility index (Phi) is 2.85. The van der Waals surface area contributed by atoms with Gasteiger partial charge in [-0.2, -0.15) is 8.42 Å². The van der Waals surface area contributed by atoms with E-state index in [1.807, 2.05) is 0 Å². The third-order valence-electron chi connectivity index (χ3n) is 1.28. The minimum absolute atomic E-state index is 0.0602. The molecule has 0 saturated heterocycles. The van der Waals surface area contributed by atoms with E-state index in [0.717, 1.165) is 0 Å². The monoisotopic (exact) mass is 178 g/mol. The summed E-state index contributed by atoms with van der Waals surface area (Å²) >= 11 is 0. The van der Waals surface area contributed by atoms with Crippen molar-refractivity contribution in [3.63, 3.8) is 0 Å². The maximum Gasteiger partial charge on any atom is 0.290 e. The zero-order valence-electron chi connectivity index (χ0n) is 7.25. The molecule has 1 N–H and O–H groups in total. The molecule has 0 rings (SSSR count). The maximum absolute atomic E-state index is 10.7. The first-order valence-corrected chi connectivity index (χ1v) is 4.78. The average Bonchev–Trinajstić information content (AvgIpc) is 1.56. The lowest BCUT2D eigenvalue weighted by atomic mass is 9.96. The molecule has 0 fully saturated rings. The summed E-state index contributed by atoms with van der Waals surface area (Å²) in [5, 5.41) is 0. The lowest BCUT2D eigenvalue weighted by molar-refractivity contribution is 0.458. The molecule has 0 aromatic rings. The van der Waals surface area contributed by atoms with Crippen LogP contribution in [-0.4, -0.2) is 13.0 Å². The highest BCUT2D eigenvalue weighted by molar-refractivity contribution is 7.89. The van der Waals surface area contributed by atoms with Crippen molar-refractivity contribution in [2.24, 2.45) is 5.41 Å². The van der Waals surface area contributed by atoms with E-state index in [-0.39, 0.29) is 4.91 Å². The second-order valence-electron chi connectivity index (χ2n) is 3.38. The van der Waals surface area contributed by atoms with Gasteiger partial charge in [0, 0.05) is 0 Å². The van der Waals surface area contributed by atoms with Crippen LogP contribution in [0.15, 0.2) is 11.0 Å². The zero-order valence-corrected chi connectivity index (χ0v) is 8.07. The minimum atomic E-state index is -4.01. The van der Waals surface area contributed by atoms with Crippen molar-refractivity contribution in [3.05, 3.63) is 11.0 Å². The first kappa shape index (κ1) is 10.7. The fourth-order valence-corrected chi connectivity index (χ4v) is 2.04. The van der Waals surface area contributed by atoms with Crippen molar-refractivity contribution < 1.29 is 13.0 Å². The minimum Gasteiger partial charge on any atom is -0.282 e. The van der Waals surface area contributed by atoms with E-state index in [1.165, 1.54) is 6.08 Å². The Hall–Kier alpha value is -0.350. The molecule has 0 amide bonds. The standard InChI is InChI=1S/C7H14O3S/c1-5-6(7(2,3)4)11(8,9)10/h5H,1-4H3,(H,8,9,10). The van der Waals surface area contributed by atoms with Crippen molar-refractivity contribution in [1.29, 1.82) is 0 Å². The summed E-state index contributed by atoms with van der Waals surface area (Å²) in [6, 6.07) is 0. The Balaban J connectivity index is 5.07. The smallest absolute Gasteiger partial charge is 0.282 e. The van der Waals surface area contributed by atoms with Gasteiger partial charge in [0.15, 0.2) is 0 Å². The van der Waals surface area contributed by atoms with Crippen LogP contribution < -0.4 is 0 Å². The molecule has 0 saturated carbocycles. The van der Waals surface area contributed by atoms with E-state index in [1.54, 1.807) is 27.7 Å². The lowest BCUT2D eigenvalue weighted by Crippen LogP contribution is -2.17. The van der Waals surface area contributed by atoms with E-state index in [9.17, 15) is 8.42 Å². The van der Waals surface area contributed by atoms with Gasteiger partial charge >= 0.3 is 0 Å². The predicted octanol–water partition coefficient (Wildman–Crippen LogP) is 1.82. The Morgan fingerprint density at radius 1 is 1.36 bits per heavy atom. The Bertz CT molecular complexity index is 254. The topological polar surface area (TPSA) is 54.4 Å². The first-order valence-electron chi connectivity index (χ1n) is 3.34. The molecule has 0 aliphatic heterocycles.